The summed E-state index contributed by atoms with van der Waals surface area (Å²) in [5.74, 6) is 1.09. The van der Waals surface area contributed by atoms with E-state index in [2.05, 4.69) is 29.1 Å². The second kappa shape index (κ2) is 6.26. The van der Waals surface area contributed by atoms with Crippen LogP contribution in [0.5, 0.6) is 0 Å². The van der Waals surface area contributed by atoms with Gasteiger partial charge in [-0.1, -0.05) is 25.4 Å². The van der Waals surface area contributed by atoms with E-state index in [1.54, 1.807) is 0 Å². The molecule has 0 saturated heterocycles. The predicted octanol–water partition coefficient (Wildman–Crippen LogP) is 2.88. The second-order valence-corrected chi connectivity index (χ2v) is 5.46. The van der Waals surface area contributed by atoms with Crippen LogP contribution in [0.25, 0.3) is 0 Å². The lowest BCUT2D eigenvalue weighted by molar-refractivity contribution is 0.355. The number of nitrogens with zero attached hydrogens (tertiary/aromatic N) is 1. The third-order valence-corrected chi connectivity index (χ3v) is 3.14. The molecule has 96 valence electrons. The van der Waals surface area contributed by atoms with Crippen molar-refractivity contribution in [2.75, 3.05) is 17.7 Å². The van der Waals surface area contributed by atoms with Gasteiger partial charge < -0.3 is 10.3 Å². The van der Waals surface area contributed by atoms with Gasteiger partial charge in [0, 0.05) is 12.4 Å². The van der Waals surface area contributed by atoms with Crippen molar-refractivity contribution in [1.82, 2.24) is 9.97 Å². The van der Waals surface area contributed by atoms with E-state index in [0.717, 1.165) is 12.8 Å². The van der Waals surface area contributed by atoms with Crippen LogP contribution in [0, 0.1) is 5.41 Å². The molecule has 0 unspecified atom stereocenters. The lowest BCUT2D eigenvalue weighted by atomic mass is 9.88. The summed E-state index contributed by atoms with van der Waals surface area (Å²) in [6.07, 6.45) is 3.30. The maximum atomic E-state index is 11.3. The zero-order chi connectivity index (χ0) is 12.9. The summed E-state index contributed by atoms with van der Waals surface area (Å²) in [4.78, 5) is 17.7. The molecule has 0 aliphatic heterocycles. The van der Waals surface area contributed by atoms with Crippen LogP contribution in [0.2, 0.25) is 5.02 Å². The first kappa shape index (κ1) is 14.3. The number of nitrogens with one attached hydrogen (secondary N) is 2. The second-order valence-electron chi connectivity index (χ2n) is 4.70. The zero-order valence-corrected chi connectivity index (χ0v) is 11.5. The predicted molar refractivity (Wildman–Crippen MR) is 72.1 cm³/mol. The van der Waals surface area contributed by atoms with Crippen LogP contribution in [-0.4, -0.2) is 22.4 Å². The van der Waals surface area contributed by atoms with Crippen molar-refractivity contribution in [3.05, 3.63) is 21.7 Å². The minimum Gasteiger partial charge on any atom is -0.368 e. The van der Waals surface area contributed by atoms with E-state index in [-0.39, 0.29) is 16.0 Å². The quantitative estimate of drug-likeness (QED) is 0.787. The minimum absolute atomic E-state index is 0.0858. The Morgan fingerprint density at radius 3 is 2.88 bits per heavy atom. The van der Waals surface area contributed by atoms with Gasteiger partial charge in [0.2, 0.25) is 0 Å². The standard InChI is InChI=1S/C11H17Cl2N3O/c1-11(2,4-3-5-12)6-14-9-8(13)10(17)16-7-15-9/h7H,3-6H2,1-2H3,(H2,14,15,16,17). The van der Waals surface area contributed by atoms with Gasteiger partial charge in [-0.25, -0.2) is 4.98 Å². The summed E-state index contributed by atoms with van der Waals surface area (Å²) in [5.41, 5.74) is -0.245. The highest BCUT2D eigenvalue weighted by Crippen LogP contribution is 2.24. The van der Waals surface area contributed by atoms with Crippen molar-refractivity contribution in [3.63, 3.8) is 0 Å². The molecule has 0 aliphatic carbocycles. The van der Waals surface area contributed by atoms with Crippen molar-refractivity contribution in [2.24, 2.45) is 5.41 Å². The molecular formula is C11H17Cl2N3O. The monoisotopic (exact) mass is 277 g/mol. The van der Waals surface area contributed by atoms with E-state index >= 15 is 0 Å². The Morgan fingerprint density at radius 1 is 1.53 bits per heavy atom. The molecule has 6 heteroatoms. The van der Waals surface area contributed by atoms with Crippen LogP contribution in [0.1, 0.15) is 26.7 Å². The molecule has 0 aromatic carbocycles. The number of aromatic nitrogens is 2. The molecule has 0 fully saturated rings. The highest BCUT2D eigenvalue weighted by molar-refractivity contribution is 6.32. The summed E-state index contributed by atoms with van der Waals surface area (Å²) in [5, 5.41) is 3.19. The lowest BCUT2D eigenvalue weighted by Crippen LogP contribution is -2.24. The molecule has 2 N–H and O–H groups in total. The zero-order valence-electron chi connectivity index (χ0n) is 10.0. The number of halogens is 2. The maximum absolute atomic E-state index is 11.3. The van der Waals surface area contributed by atoms with E-state index in [4.69, 9.17) is 23.2 Å². The van der Waals surface area contributed by atoms with Crippen LogP contribution in [0.15, 0.2) is 11.1 Å². The third kappa shape index (κ3) is 4.56. The Labute approximate surface area is 111 Å². The first-order valence-corrected chi connectivity index (χ1v) is 6.40. The van der Waals surface area contributed by atoms with Crippen LogP contribution >= 0.6 is 23.2 Å². The minimum atomic E-state index is -0.331. The van der Waals surface area contributed by atoms with Gasteiger partial charge >= 0.3 is 0 Å². The van der Waals surface area contributed by atoms with Crippen LogP contribution in [-0.2, 0) is 0 Å². The number of H-pyrrole nitrogens is 1. The number of hydrogen-bond donors (Lipinski definition) is 2. The number of anilines is 1. The van der Waals surface area contributed by atoms with Gasteiger partial charge in [0.25, 0.3) is 5.56 Å². The highest BCUT2D eigenvalue weighted by Gasteiger charge is 2.18. The van der Waals surface area contributed by atoms with Crippen molar-refractivity contribution in [3.8, 4) is 0 Å². The normalized spacial score (nSPS) is 11.5. The highest BCUT2D eigenvalue weighted by atomic mass is 35.5. The van der Waals surface area contributed by atoms with Gasteiger partial charge in [0.15, 0.2) is 5.82 Å². The summed E-state index contributed by atoms with van der Waals surface area (Å²) in [6, 6.07) is 0. The molecule has 4 nitrogen and oxygen atoms in total. The SMILES string of the molecule is CC(C)(CCCCl)CNc1nc[nH]c(=O)c1Cl. The molecule has 0 radical (unpaired) electrons. The van der Waals surface area contributed by atoms with Crippen molar-refractivity contribution < 1.29 is 0 Å². The molecule has 0 amide bonds. The molecular weight excluding hydrogens is 261 g/mol. The fourth-order valence-electron chi connectivity index (χ4n) is 1.46. The summed E-state index contributed by atoms with van der Waals surface area (Å²) in [7, 11) is 0. The van der Waals surface area contributed by atoms with Crippen molar-refractivity contribution >= 4 is 29.0 Å². The molecule has 17 heavy (non-hydrogen) atoms. The Morgan fingerprint density at radius 2 is 2.24 bits per heavy atom. The molecule has 1 aromatic rings. The number of rotatable bonds is 6. The Balaban J connectivity index is 2.61. The largest absolute Gasteiger partial charge is 0.368 e. The molecule has 0 saturated carbocycles. The number of aromatic amines is 1. The van der Waals surface area contributed by atoms with Gasteiger partial charge in [-0.05, 0) is 18.3 Å². The fourth-order valence-corrected chi connectivity index (χ4v) is 1.77. The van der Waals surface area contributed by atoms with E-state index in [1.165, 1.54) is 6.33 Å². The lowest BCUT2D eigenvalue weighted by Gasteiger charge is -2.24. The fraction of sp³-hybridized carbons (Fsp3) is 0.636. The van der Waals surface area contributed by atoms with Gasteiger partial charge in [-0.2, -0.15) is 0 Å². The topological polar surface area (TPSA) is 57.8 Å². The number of hydrogen-bond acceptors (Lipinski definition) is 3. The Hall–Kier alpha value is -0.740. The van der Waals surface area contributed by atoms with E-state index in [9.17, 15) is 4.79 Å². The molecule has 1 heterocycles. The molecule has 1 aromatic heterocycles. The molecule has 1 rings (SSSR count). The molecule has 0 bridgehead atoms. The van der Waals surface area contributed by atoms with Gasteiger partial charge in [-0.15, -0.1) is 11.6 Å². The van der Waals surface area contributed by atoms with Gasteiger partial charge in [0.05, 0.1) is 6.33 Å². The van der Waals surface area contributed by atoms with Crippen LogP contribution in [0.3, 0.4) is 0 Å². The average Bonchev–Trinajstić information content (AvgIpc) is 2.29. The molecule has 0 atom stereocenters. The summed E-state index contributed by atoms with van der Waals surface area (Å²) < 4.78 is 0. The van der Waals surface area contributed by atoms with Crippen molar-refractivity contribution in [1.29, 1.82) is 0 Å². The van der Waals surface area contributed by atoms with Crippen molar-refractivity contribution in [2.45, 2.75) is 26.7 Å². The van der Waals surface area contributed by atoms with E-state index in [0.29, 0.717) is 18.2 Å². The van der Waals surface area contributed by atoms with E-state index < -0.39 is 0 Å². The Bertz CT molecular complexity index is 417. The Kier molecular flexibility index (Phi) is 5.28. The first-order chi connectivity index (χ1) is 7.96. The smallest absolute Gasteiger partial charge is 0.271 e. The van der Waals surface area contributed by atoms with Crippen LogP contribution < -0.4 is 10.9 Å². The third-order valence-electron chi connectivity index (χ3n) is 2.52. The number of alkyl halides is 1. The van der Waals surface area contributed by atoms with Gasteiger partial charge in [-0.3, -0.25) is 4.79 Å². The molecule has 0 aliphatic rings. The molecule has 0 spiro atoms. The van der Waals surface area contributed by atoms with E-state index in [1.807, 2.05) is 0 Å². The van der Waals surface area contributed by atoms with Crippen LogP contribution in [0.4, 0.5) is 5.82 Å². The first-order valence-electron chi connectivity index (χ1n) is 5.49. The average molecular weight is 278 g/mol. The maximum Gasteiger partial charge on any atom is 0.271 e. The van der Waals surface area contributed by atoms with Gasteiger partial charge in [0.1, 0.15) is 5.02 Å². The summed E-state index contributed by atoms with van der Waals surface area (Å²) >= 11 is 11.5. The summed E-state index contributed by atoms with van der Waals surface area (Å²) in [6.45, 7) is 4.96.